The molecule has 0 bridgehead atoms. The summed E-state index contributed by atoms with van der Waals surface area (Å²) in [7, 11) is 1.35. The van der Waals surface area contributed by atoms with E-state index in [1.54, 1.807) is 12.1 Å². The maximum atomic E-state index is 13.6. The van der Waals surface area contributed by atoms with Crippen molar-refractivity contribution in [2.24, 2.45) is 0 Å². The summed E-state index contributed by atoms with van der Waals surface area (Å²) in [6.45, 7) is 0.181. The molecule has 0 amide bonds. The minimum absolute atomic E-state index is 0.164. The van der Waals surface area contributed by atoms with Gasteiger partial charge in [-0.15, -0.1) is 0 Å². The van der Waals surface area contributed by atoms with Gasteiger partial charge in [-0.25, -0.2) is 4.39 Å². The van der Waals surface area contributed by atoms with Crippen molar-refractivity contribution in [2.75, 3.05) is 7.11 Å². The Morgan fingerprint density at radius 2 is 1.90 bits per heavy atom. The average molecular weight is 353 g/mol. The van der Waals surface area contributed by atoms with E-state index >= 15 is 0 Å². The number of carbonyl (C=O) groups excluding carboxylic acids is 1. The van der Waals surface area contributed by atoms with Crippen LogP contribution in [0.4, 0.5) is 4.39 Å². The van der Waals surface area contributed by atoms with Gasteiger partial charge in [-0.2, -0.15) is 0 Å². The maximum absolute atomic E-state index is 13.6. The Kier molecular flexibility index (Phi) is 5.33. The second-order valence-corrected chi connectivity index (χ2v) is 5.30. The molecule has 0 fully saturated rings. The molecule has 110 valence electrons. The first-order chi connectivity index (χ1) is 10.1. The summed E-state index contributed by atoms with van der Waals surface area (Å²) in [5, 5.41) is 0. The van der Waals surface area contributed by atoms with Gasteiger partial charge in [0.1, 0.15) is 6.61 Å². The summed E-state index contributed by atoms with van der Waals surface area (Å²) in [6, 6.07) is 11.9. The summed E-state index contributed by atoms with van der Waals surface area (Å²) < 4.78 is 24.5. The SMILES string of the molecule is COC(=O)Cc1ccccc1COc1cc(Br)ccc1F. The van der Waals surface area contributed by atoms with E-state index < -0.39 is 5.82 Å². The van der Waals surface area contributed by atoms with Crippen molar-refractivity contribution in [1.29, 1.82) is 0 Å². The van der Waals surface area contributed by atoms with Gasteiger partial charge in [0.15, 0.2) is 11.6 Å². The molecule has 5 heteroatoms. The van der Waals surface area contributed by atoms with Gasteiger partial charge in [0.2, 0.25) is 0 Å². The minimum Gasteiger partial charge on any atom is -0.486 e. The highest BCUT2D eigenvalue weighted by Crippen LogP contribution is 2.23. The van der Waals surface area contributed by atoms with Crippen LogP contribution >= 0.6 is 15.9 Å². The van der Waals surface area contributed by atoms with Gasteiger partial charge < -0.3 is 9.47 Å². The zero-order valence-corrected chi connectivity index (χ0v) is 13.0. The number of esters is 1. The van der Waals surface area contributed by atoms with Gasteiger partial charge in [0, 0.05) is 4.47 Å². The molecule has 0 unspecified atom stereocenters. The molecule has 0 radical (unpaired) electrons. The Hall–Kier alpha value is -1.88. The number of halogens is 2. The summed E-state index contributed by atoms with van der Waals surface area (Å²) in [5.74, 6) is -0.586. The maximum Gasteiger partial charge on any atom is 0.309 e. The van der Waals surface area contributed by atoms with Crippen LogP contribution in [0.3, 0.4) is 0 Å². The zero-order valence-electron chi connectivity index (χ0n) is 11.4. The predicted molar refractivity (Wildman–Crippen MR) is 80.6 cm³/mol. The number of carbonyl (C=O) groups is 1. The van der Waals surface area contributed by atoms with Gasteiger partial charge in [-0.1, -0.05) is 40.2 Å². The minimum atomic E-state index is -0.427. The Morgan fingerprint density at radius 1 is 1.19 bits per heavy atom. The van der Waals surface area contributed by atoms with Gasteiger partial charge in [-0.3, -0.25) is 4.79 Å². The van der Waals surface area contributed by atoms with Gasteiger partial charge in [-0.05, 0) is 29.3 Å². The van der Waals surface area contributed by atoms with Crippen LogP contribution < -0.4 is 4.74 Å². The molecule has 0 spiro atoms. The van der Waals surface area contributed by atoms with E-state index in [-0.39, 0.29) is 24.7 Å². The largest absolute Gasteiger partial charge is 0.486 e. The molecule has 2 aromatic carbocycles. The van der Waals surface area contributed by atoms with Crippen molar-refractivity contribution in [3.63, 3.8) is 0 Å². The predicted octanol–water partition coefficient (Wildman–Crippen LogP) is 3.88. The molecular formula is C16H14BrFO3. The van der Waals surface area contributed by atoms with E-state index in [0.29, 0.717) is 0 Å². The molecule has 2 rings (SSSR count). The first-order valence-electron chi connectivity index (χ1n) is 6.31. The number of rotatable bonds is 5. The lowest BCUT2D eigenvalue weighted by molar-refractivity contribution is -0.139. The van der Waals surface area contributed by atoms with Crippen LogP contribution in [0.5, 0.6) is 5.75 Å². The second-order valence-electron chi connectivity index (χ2n) is 4.39. The number of benzene rings is 2. The molecule has 2 aromatic rings. The topological polar surface area (TPSA) is 35.5 Å². The molecule has 0 aliphatic rings. The molecule has 0 N–H and O–H groups in total. The van der Waals surface area contributed by atoms with Gasteiger partial charge >= 0.3 is 5.97 Å². The highest BCUT2D eigenvalue weighted by Gasteiger charge is 2.10. The molecule has 0 aliphatic carbocycles. The normalized spacial score (nSPS) is 10.2. The summed E-state index contributed by atoms with van der Waals surface area (Å²) in [5.41, 5.74) is 1.63. The van der Waals surface area contributed by atoms with Crippen molar-refractivity contribution >= 4 is 21.9 Å². The first kappa shape index (κ1) is 15.5. The van der Waals surface area contributed by atoms with Crippen LogP contribution in [0.2, 0.25) is 0 Å². The Balaban J connectivity index is 2.13. The van der Waals surface area contributed by atoms with Crippen LogP contribution in [-0.4, -0.2) is 13.1 Å². The van der Waals surface area contributed by atoms with Crippen LogP contribution in [0, 0.1) is 5.82 Å². The van der Waals surface area contributed by atoms with Crippen LogP contribution in [0.25, 0.3) is 0 Å². The number of hydrogen-bond acceptors (Lipinski definition) is 3. The van der Waals surface area contributed by atoms with Crippen molar-refractivity contribution in [2.45, 2.75) is 13.0 Å². The van der Waals surface area contributed by atoms with Gasteiger partial charge in [0.05, 0.1) is 13.5 Å². The highest BCUT2D eigenvalue weighted by molar-refractivity contribution is 9.10. The lowest BCUT2D eigenvalue weighted by atomic mass is 10.1. The fourth-order valence-corrected chi connectivity index (χ4v) is 2.18. The van der Waals surface area contributed by atoms with Crippen LogP contribution in [0.15, 0.2) is 46.9 Å². The third-order valence-corrected chi connectivity index (χ3v) is 3.45. The van der Waals surface area contributed by atoms with E-state index in [2.05, 4.69) is 20.7 Å². The standard InChI is InChI=1S/C16H14BrFO3/c1-20-16(19)8-11-4-2-3-5-12(11)10-21-15-9-13(17)6-7-14(15)18/h2-7,9H,8,10H2,1H3. The fraction of sp³-hybridized carbons (Fsp3) is 0.188. The third-order valence-electron chi connectivity index (χ3n) is 2.96. The molecule has 0 atom stereocenters. The smallest absolute Gasteiger partial charge is 0.309 e. The van der Waals surface area contributed by atoms with E-state index in [1.807, 2.05) is 24.3 Å². The van der Waals surface area contributed by atoms with Crippen LogP contribution in [0.1, 0.15) is 11.1 Å². The second kappa shape index (κ2) is 7.22. The quantitative estimate of drug-likeness (QED) is 0.766. The summed E-state index contributed by atoms with van der Waals surface area (Å²) >= 11 is 3.27. The van der Waals surface area contributed by atoms with E-state index in [4.69, 9.17) is 4.74 Å². The summed E-state index contributed by atoms with van der Waals surface area (Å²) in [6.07, 6.45) is 0.164. The zero-order chi connectivity index (χ0) is 15.2. The van der Waals surface area contributed by atoms with E-state index in [0.717, 1.165) is 15.6 Å². The molecule has 0 saturated heterocycles. The number of ether oxygens (including phenoxy) is 2. The monoisotopic (exact) mass is 352 g/mol. The lowest BCUT2D eigenvalue weighted by Crippen LogP contribution is -2.08. The lowest BCUT2D eigenvalue weighted by Gasteiger charge is -2.11. The molecule has 0 aliphatic heterocycles. The summed E-state index contributed by atoms with van der Waals surface area (Å²) in [4.78, 5) is 11.4. The Bertz CT molecular complexity index is 643. The average Bonchev–Trinajstić information content (AvgIpc) is 2.49. The van der Waals surface area contributed by atoms with Crippen molar-refractivity contribution < 1.29 is 18.7 Å². The van der Waals surface area contributed by atoms with Crippen LogP contribution in [-0.2, 0) is 22.6 Å². The first-order valence-corrected chi connectivity index (χ1v) is 7.11. The van der Waals surface area contributed by atoms with Gasteiger partial charge in [0.25, 0.3) is 0 Å². The van der Waals surface area contributed by atoms with E-state index in [9.17, 15) is 9.18 Å². The fourth-order valence-electron chi connectivity index (χ4n) is 1.84. The molecule has 0 saturated carbocycles. The van der Waals surface area contributed by atoms with Crippen molar-refractivity contribution in [3.8, 4) is 5.75 Å². The molecule has 21 heavy (non-hydrogen) atoms. The number of hydrogen-bond donors (Lipinski definition) is 0. The van der Waals surface area contributed by atoms with Crippen molar-refractivity contribution in [1.82, 2.24) is 0 Å². The highest BCUT2D eigenvalue weighted by atomic mass is 79.9. The molecular weight excluding hydrogens is 339 g/mol. The van der Waals surface area contributed by atoms with Crippen molar-refractivity contribution in [3.05, 3.63) is 63.9 Å². The van der Waals surface area contributed by atoms with E-state index in [1.165, 1.54) is 13.2 Å². The molecule has 3 nitrogen and oxygen atoms in total. The molecule has 0 heterocycles. The Labute approximate surface area is 130 Å². The third kappa shape index (κ3) is 4.29. The Morgan fingerprint density at radius 3 is 2.62 bits per heavy atom. The molecule has 0 aromatic heterocycles. The number of methoxy groups -OCH3 is 1.